The van der Waals surface area contributed by atoms with E-state index < -0.39 is 0 Å². The van der Waals surface area contributed by atoms with E-state index in [4.69, 9.17) is 11.6 Å². The number of nitrogens with zero attached hydrogens (tertiary/aromatic N) is 1. The van der Waals surface area contributed by atoms with Gasteiger partial charge < -0.3 is 0 Å². The summed E-state index contributed by atoms with van der Waals surface area (Å²) in [5.74, 6) is 0. The monoisotopic (exact) mass is 295 g/mol. The molecule has 0 spiro atoms. The summed E-state index contributed by atoms with van der Waals surface area (Å²) in [7, 11) is 0. The van der Waals surface area contributed by atoms with E-state index >= 15 is 0 Å². The van der Waals surface area contributed by atoms with E-state index in [0.717, 1.165) is 11.3 Å². The lowest BCUT2D eigenvalue weighted by Crippen LogP contribution is -1.84. The highest BCUT2D eigenvalue weighted by Gasteiger charge is 2.12. The number of halogens is 1. The lowest BCUT2D eigenvalue weighted by atomic mass is 10.0. The minimum atomic E-state index is 0.690. The summed E-state index contributed by atoms with van der Waals surface area (Å²) in [5, 5.41) is 3.20. The molecule has 2 aromatic carbocycles. The molecule has 2 aromatic heterocycles. The number of hydrogen-bond donors (Lipinski definition) is 0. The molecular formula is C17H10ClNS. The molecule has 0 atom stereocenters. The van der Waals surface area contributed by atoms with Gasteiger partial charge in [0.1, 0.15) is 0 Å². The number of fused-ring (bicyclic) bond motifs is 3. The van der Waals surface area contributed by atoms with Crippen LogP contribution < -0.4 is 0 Å². The Hall–Kier alpha value is -1.90. The van der Waals surface area contributed by atoms with Crippen LogP contribution in [0.2, 0.25) is 5.02 Å². The van der Waals surface area contributed by atoms with E-state index in [1.165, 1.54) is 20.2 Å². The van der Waals surface area contributed by atoms with Crippen molar-refractivity contribution in [3.63, 3.8) is 0 Å². The third-order valence-corrected chi connectivity index (χ3v) is 4.86. The van der Waals surface area contributed by atoms with Crippen LogP contribution >= 0.6 is 22.9 Å². The smallest absolute Gasteiger partial charge is 0.0894 e. The first-order valence-electron chi connectivity index (χ1n) is 6.36. The van der Waals surface area contributed by atoms with Gasteiger partial charge in [-0.1, -0.05) is 41.9 Å². The second kappa shape index (κ2) is 4.58. The Morgan fingerprint density at radius 1 is 0.850 bits per heavy atom. The molecule has 4 aromatic rings. The van der Waals surface area contributed by atoms with Crippen molar-refractivity contribution in [2.75, 3.05) is 0 Å². The van der Waals surface area contributed by atoms with Gasteiger partial charge in [-0.15, -0.1) is 11.3 Å². The van der Waals surface area contributed by atoms with Crippen molar-refractivity contribution in [3.8, 4) is 11.3 Å². The van der Waals surface area contributed by atoms with Gasteiger partial charge in [-0.2, -0.15) is 0 Å². The summed E-state index contributed by atoms with van der Waals surface area (Å²) in [6.07, 6.45) is 1.79. The van der Waals surface area contributed by atoms with Gasteiger partial charge in [0.2, 0.25) is 0 Å². The van der Waals surface area contributed by atoms with Gasteiger partial charge in [0.05, 0.1) is 10.7 Å². The number of hydrogen-bond acceptors (Lipinski definition) is 2. The van der Waals surface area contributed by atoms with E-state index in [1.54, 1.807) is 17.5 Å². The normalized spacial score (nSPS) is 11.2. The quantitative estimate of drug-likeness (QED) is 0.434. The minimum Gasteiger partial charge on any atom is -0.255 e. The molecule has 20 heavy (non-hydrogen) atoms. The maximum absolute atomic E-state index is 6.32. The number of aromatic nitrogens is 1. The molecule has 0 saturated carbocycles. The fraction of sp³-hybridized carbons (Fsp3) is 0. The molecule has 0 fully saturated rings. The molecule has 4 rings (SSSR count). The summed E-state index contributed by atoms with van der Waals surface area (Å²) in [4.78, 5) is 4.46. The topological polar surface area (TPSA) is 12.9 Å². The van der Waals surface area contributed by atoms with Crippen molar-refractivity contribution >= 4 is 43.1 Å². The maximum Gasteiger partial charge on any atom is 0.0894 e. The Bertz CT molecular complexity index is 926. The van der Waals surface area contributed by atoms with Crippen LogP contribution in [0.4, 0.5) is 0 Å². The highest BCUT2D eigenvalue weighted by Crippen LogP contribution is 2.40. The first kappa shape index (κ1) is 11.9. The molecule has 0 aliphatic rings. The van der Waals surface area contributed by atoms with Gasteiger partial charge >= 0.3 is 0 Å². The minimum absolute atomic E-state index is 0.690. The van der Waals surface area contributed by atoms with Gasteiger partial charge in [0.25, 0.3) is 0 Å². The van der Waals surface area contributed by atoms with E-state index in [1.807, 2.05) is 12.1 Å². The third-order valence-electron chi connectivity index (χ3n) is 3.42. The molecule has 0 aliphatic carbocycles. The molecule has 0 N–H and O–H groups in total. The van der Waals surface area contributed by atoms with Crippen molar-refractivity contribution < 1.29 is 0 Å². The van der Waals surface area contributed by atoms with Crippen LogP contribution in [-0.2, 0) is 0 Å². The van der Waals surface area contributed by atoms with Crippen molar-refractivity contribution in [1.29, 1.82) is 0 Å². The number of benzene rings is 2. The molecule has 1 nitrogen and oxygen atoms in total. The van der Waals surface area contributed by atoms with Crippen LogP contribution in [0.15, 0.2) is 60.8 Å². The van der Waals surface area contributed by atoms with Crippen LogP contribution in [-0.4, -0.2) is 4.98 Å². The average Bonchev–Trinajstić information content (AvgIpc) is 2.86. The zero-order valence-corrected chi connectivity index (χ0v) is 12.1. The van der Waals surface area contributed by atoms with Crippen LogP contribution in [0.25, 0.3) is 31.4 Å². The van der Waals surface area contributed by atoms with Gasteiger partial charge in [0.15, 0.2) is 0 Å². The Morgan fingerprint density at radius 3 is 2.60 bits per heavy atom. The van der Waals surface area contributed by atoms with E-state index in [2.05, 4.69) is 47.4 Å². The SMILES string of the molecule is Clc1cccnc1-c1cccc2sc3ccccc3c12. The summed E-state index contributed by atoms with van der Waals surface area (Å²) >= 11 is 8.12. The van der Waals surface area contributed by atoms with E-state index in [9.17, 15) is 0 Å². The Morgan fingerprint density at radius 2 is 1.70 bits per heavy atom. The summed E-state index contributed by atoms with van der Waals surface area (Å²) < 4.78 is 2.56. The largest absolute Gasteiger partial charge is 0.255 e. The number of rotatable bonds is 1. The predicted octanol–water partition coefficient (Wildman–Crippen LogP) is 5.77. The number of thiophene rings is 1. The lowest BCUT2D eigenvalue weighted by molar-refractivity contribution is 1.33. The zero-order chi connectivity index (χ0) is 13.5. The molecule has 0 amide bonds. The van der Waals surface area contributed by atoms with Crippen LogP contribution in [0.3, 0.4) is 0 Å². The second-order valence-corrected chi connectivity index (χ2v) is 6.10. The van der Waals surface area contributed by atoms with Gasteiger partial charge in [-0.25, -0.2) is 0 Å². The Balaban J connectivity index is 2.17. The van der Waals surface area contributed by atoms with Crippen LogP contribution in [0, 0.1) is 0 Å². The highest BCUT2D eigenvalue weighted by atomic mass is 35.5. The van der Waals surface area contributed by atoms with Crippen molar-refractivity contribution in [2.45, 2.75) is 0 Å². The van der Waals surface area contributed by atoms with Gasteiger partial charge in [0, 0.05) is 31.9 Å². The van der Waals surface area contributed by atoms with E-state index in [-0.39, 0.29) is 0 Å². The fourth-order valence-electron chi connectivity index (χ4n) is 2.56. The zero-order valence-electron chi connectivity index (χ0n) is 10.5. The molecule has 0 saturated heterocycles. The first-order valence-corrected chi connectivity index (χ1v) is 7.55. The van der Waals surface area contributed by atoms with Gasteiger partial charge in [-0.3, -0.25) is 4.98 Å². The third kappa shape index (κ3) is 1.73. The maximum atomic E-state index is 6.32. The molecule has 96 valence electrons. The van der Waals surface area contributed by atoms with Gasteiger partial charge in [-0.05, 0) is 24.3 Å². The standard InChI is InChI=1S/C17H10ClNS/c18-13-7-4-10-19-17(13)12-6-3-9-15-16(12)11-5-1-2-8-14(11)20-15/h1-10H. The highest BCUT2D eigenvalue weighted by molar-refractivity contribution is 7.25. The Labute approximate surface area is 125 Å². The first-order chi connectivity index (χ1) is 9.84. The van der Waals surface area contributed by atoms with E-state index in [0.29, 0.717) is 5.02 Å². The van der Waals surface area contributed by atoms with Crippen molar-refractivity contribution in [2.24, 2.45) is 0 Å². The van der Waals surface area contributed by atoms with Crippen molar-refractivity contribution in [3.05, 3.63) is 65.8 Å². The van der Waals surface area contributed by atoms with Crippen LogP contribution in [0.5, 0.6) is 0 Å². The molecule has 0 unspecified atom stereocenters. The molecule has 0 bridgehead atoms. The van der Waals surface area contributed by atoms with Crippen molar-refractivity contribution in [1.82, 2.24) is 4.98 Å². The lowest BCUT2D eigenvalue weighted by Gasteiger charge is -2.05. The average molecular weight is 296 g/mol. The molecule has 2 heterocycles. The molecular weight excluding hydrogens is 286 g/mol. The fourth-order valence-corrected chi connectivity index (χ4v) is 3.91. The molecule has 0 radical (unpaired) electrons. The summed E-state index contributed by atoms with van der Waals surface area (Å²) in [6.45, 7) is 0. The summed E-state index contributed by atoms with van der Waals surface area (Å²) in [5.41, 5.74) is 1.95. The Kier molecular flexibility index (Phi) is 2.72. The second-order valence-electron chi connectivity index (χ2n) is 4.61. The molecule has 0 aliphatic heterocycles. The molecule has 3 heteroatoms. The predicted molar refractivity (Wildman–Crippen MR) is 87.6 cm³/mol. The number of pyridine rings is 1. The summed E-state index contributed by atoms with van der Waals surface area (Å²) in [6, 6.07) is 18.5. The van der Waals surface area contributed by atoms with Crippen LogP contribution in [0.1, 0.15) is 0 Å².